The summed E-state index contributed by atoms with van der Waals surface area (Å²) in [5.41, 5.74) is 6.45. The first-order valence-electron chi connectivity index (χ1n) is 8.87. The predicted molar refractivity (Wildman–Crippen MR) is 114 cm³/mol. The average Bonchev–Trinajstić information content (AvgIpc) is 3.00. The molecule has 2 aromatic carbocycles. The van der Waals surface area contributed by atoms with Crippen LogP contribution in [0.2, 0.25) is 5.02 Å². The van der Waals surface area contributed by atoms with E-state index in [9.17, 15) is 4.79 Å². The van der Waals surface area contributed by atoms with Crippen molar-refractivity contribution in [2.24, 2.45) is 0 Å². The number of nitrogens with one attached hydrogen (secondary N) is 1. The summed E-state index contributed by atoms with van der Waals surface area (Å²) in [6.07, 6.45) is 0. The largest absolute Gasteiger partial charge is 0.350 e. The maximum atomic E-state index is 12.6. The van der Waals surface area contributed by atoms with Crippen LogP contribution >= 0.6 is 23.4 Å². The second-order valence-corrected chi connectivity index (χ2v) is 8.17. The fourth-order valence-electron chi connectivity index (χ4n) is 3.15. The number of hydrogen-bond acceptors (Lipinski definition) is 4. The standard InChI is InChI=1S/C21H19ClN4OS/c1-12-4-5-13(2)16(10-12)11-28-20-23-19-18(15-6-8-17(22)9-7-15)14(3)25-26(19)21(27)24-20/h4-10H,11H2,1-3H3,(H,23,24,27). The van der Waals surface area contributed by atoms with Crippen molar-refractivity contribution in [2.45, 2.75) is 31.7 Å². The summed E-state index contributed by atoms with van der Waals surface area (Å²) in [6, 6.07) is 13.9. The van der Waals surface area contributed by atoms with Gasteiger partial charge in [0.05, 0.1) is 5.69 Å². The van der Waals surface area contributed by atoms with Gasteiger partial charge in [-0.15, -0.1) is 0 Å². The molecule has 0 aliphatic heterocycles. The Balaban J connectivity index is 1.74. The predicted octanol–water partition coefficient (Wildman–Crippen LogP) is 4.96. The van der Waals surface area contributed by atoms with Crippen LogP contribution in [0.3, 0.4) is 0 Å². The van der Waals surface area contributed by atoms with Crippen molar-refractivity contribution in [1.82, 2.24) is 19.6 Å². The van der Waals surface area contributed by atoms with E-state index >= 15 is 0 Å². The van der Waals surface area contributed by atoms with Crippen LogP contribution in [0.5, 0.6) is 0 Å². The van der Waals surface area contributed by atoms with E-state index in [1.54, 1.807) is 0 Å². The van der Waals surface area contributed by atoms with E-state index in [2.05, 4.69) is 42.1 Å². The zero-order chi connectivity index (χ0) is 19.8. The molecule has 142 valence electrons. The van der Waals surface area contributed by atoms with E-state index in [-0.39, 0.29) is 5.69 Å². The van der Waals surface area contributed by atoms with Gasteiger partial charge < -0.3 is 0 Å². The number of aromatic amines is 1. The molecule has 0 radical (unpaired) electrons. The van der Waals surface area contributed by atoms with Crippen molar-refractivity contribution < 1.29 is 0 Å². The average molecular weight is 411 g/mol. The Labute approximate surface area is 171 Å². The molecule has 0 aliphatic carbocycles. The number of benzene rings is 2. The maximum Gasteiger partial charge on any atom is 0.350 e. The Morgan fingerprint density at radius 3 is 2.61 bits per heavy atom. The fourth-order valence-corrected chi connectivity index (χ4v) is 4.19. The van der Waals surface area contributed by atoms with Gasteiger partial charge in [-0.05, 0) is 49.6 Å². The van der Waals surface area contributed by atoms with Gasteiger partial charge in [-0.1, -0.05) is 59.3 Å². The van der Waals surface area contributed by atoms with E-state index in [4.69, 9.17) is 16.6 Å². The van der Waals surface area contributed by atoms with Crippen molar-refractivity contribution in [2.75, 3.05) is 0 Å². The molecule has 2 heterocycles. The minimum Gasteiger partial charge on any atom is -0.285 e. The minimum atomic E-state index is -0.295. The molecule has 0 aliphatic rings. The summed E-state index contributed by atoms with van der Waals surface area (Å²) >= 11 is 7.52. The molecule has 0 atom stereocenters. The molecule has 2 aromatic heterocycles. The number of rotatable bonds is 4. The molecule has 0 saturated heterocycles. The molecule has 0 saturated carbocycles. The molecular weight excluding hydrogens is 392 g/mol. The van der Waals surface area contributed by atoms with Crippen LogP contribution in [-0.2, 0) is 5.75 Å². The molecule has 1 N–H and O–H groups in total. The molecule has 5 nitrogen and oxygen atoms in total. The van der Waals surface area contributed by atoms with Crippen LogP contribution in [-0.4, -0.2) is 19.6 Å². The molecule has 0 fully saturated rings. The molecule has 0 spiro atoms. The Morgan fingerprint density at radius 1 is 1.11 bits per heavy atom. The first-order valence-corrected chi connectivity index (χ1v) is 10.2. The molecule has 0 bridgehead atoms. The van der Waals surface area contributed by atoms with Crippen LogP contribution in [0.1, 0.15) is 22.4 Å². The SMILES string of the molecule is Cc1ccc(C)c(CSc2nc3c(-c4ccc(Cl)cc4)c(C)nn3c(=O)[nH]2)c1. The maximum absolute atomic E-state index is 12.6. The van der Waals surface area contributed by atoms with Gasteiger partial charge in [0.1, 0.15) is 0 Å². The normalized spacial score (nSPS) is 11.3. The zero-order valence-corrected chi connectivity index (χ0v) is 17.4. The fraction of sp³-hybridized carbons (Fsp3) is 0.190. The number of halogens is 1. The van der Waals surface area contributed by atoms with E-state index in [1.165, 1.54) is 33.0 Å². The molecule has 0 amide bonds. The van der Waals surface area contributed by atoms with E-state index in [0.717, 1.165) is 22.6 Å². The van der Waals surface area contributed by atoms with Gasteiger partial charge in [0, 0.05) is 16.3 Å². The number of aromatic nitrogens is 4. The molecule has 4 aromatic rings. The Hall–Kier alpha value is -2.57. The first kappa shape index (κ1) is 18.8. The van der Waals surface area contributed by atoms with Gasteiger partial charge in [-0.2, -0.15) is 9.61 Å². The Morgan fingerprint density at radius 2 is 1.86 bits per heavy atom. The second-order valence-electron chi connectivity index (χ2n) is 6.77. The highest BCUT2D eigenvalue weighted by atomic mass is 35.5. The number of thioether (sulfide) groups is 1. The van der Waals surface area contributed by atoms with Crippen LogP contribution in [0.4, 0.5) is 0 Å². The van der Waals surface area contributed by atoms with E-state index < -0.39 is 0 Å². The third-order valence-electron chi connectivity index (χ3n) is 4.65. The number of aryl methyl sites for hydroxylation is 3. The van der Waals surface area contributed by atoms with Gasteiger partial charge in [-0.3, -0.25) is 4.98 Å². The Kier molecular flexibility index (Phi) is 5.00. The smallest absolute Gasteiger partial charge is 0.285 e. The summed E-state index contributed by atoms with van der Waals surface area (Å²) in [6.45, 7) is 6.04. The lowest BCUT2D eigenvalue weighted by Crippen LogP contribution is -2.19. The Bertz CT molecular complexity index is 1230. The van der Waals surface area contributed by atoms with Crippen molar-refractivity contribution in [3.05, 3.63) is 80.4 Å². The molecule has 4 rings (SSSR count). The van der Waals surface area contributed by atoms with Gasteiger partial charge >= 0.3 is 5.69 Å². The zero-order valence-electron chi connectivity index (χ0n) is 15.8. The second kappa shape index (κ2) is 7.45. The minimum absolute atomic E-state index is 0.295. The van der Waals surface area contributed by atoms with E-state index in [0.29, 0.717) is 15.8 Å². The monoisotopic (exact) mass is 410 g/mol. The molecule has 7 heteroatoms. The topological polar surface area (TPSA) is 63.1 Å². The van der Waals surface area contributed by atoms with Crippen molar-refractivity contribution >= 4 is 29.0 Å². The van der Waals surface area contributed by atoms with Crippen LogP contribution in [0.25, 0.3) is 16.8 Å². The van der Waals surface area contributed by atoms with Crippen molar-refractivity contribution in [3.63, 3.8) is 0 Å². The third-order valence-corrected chi connectivity index (χ3v) is 5.83. The summed E-state index contributed by atoms with van der Waals surface area (Å²) in [5.74, 6) is 0.732. The van der Waals surface area contributed by atoms with Gasteiger partial charge in [-0.25, -0.2) is 9.78 Å². The quantitative estimate of drug-likeness (QED) is 0.483. The van der Waals surface area contributed by atoms with E-state index in [1.807, 2.05) is 31.2 Å². The summed E-state index contributed by atoms with van der Waals surface area (Å²) in [5, 5.41) is 5.60. The summed E-state index contributed by atoms with van der Waals surface area (Å²) < 4.78 is 1.32. The molecule has 0 unspecified atom stereocenters. The number of hydrogen-bond donors (Lipinski definition) is 1. The highest BCUT2D eigenvalue weighted by Crippen LogP contribution is 2.29. The molecular formula is C21H19ClN4OS. The lowest BCUT2D eigenvalue weighted by atomic mass is 10.1. The van der Waals surface area contributed by atoms with Gasteiger partial charge in [0.2, 0.25) is 0 Å². The van der Waals surface area contributed by atoms with Gasteiger partial charge in [0.25, 0.3) is 0 Å². The number of nitrogens with zero attached hydrogens (tertiary/aromatic N) is 3. The summed E-state index contributed by atoms with van der Waals surface area (Å²) in [7, 11) is 0. The van der Waals surface area contributed by atoms with Crippen LogP contribution in [0.15, 0.2) is 52.4 Å². The van der Waals surface area contributed by atoms with Crippen molar-refractivity contribution in [3.8, 4) is 11.1 Å². The highest BCUT2D eigenvalue weighted by Gasteiger charge is 2.16. The third kappa shape index (κ3) is 3.57. The van der Waals surface area contributed by atoms with Crippen molar-refractivity contribution in [1.29, 1.82) is 0 Å². The van der Waals surface area contributed by atoms with Crippen LogP contribution in [0, 0.1) is 20.8 Å². The highest BCUT2D eigenvalue weighted by molar-refractivity contribution is 7.98. The lowest BCUT2D eigenvalue weighted by Gasteiger charge is -2.07. The lowest BCUT2D eigenvalue weighted by molar-refractivity contribution is 0.779. The van der Waals surface area contributed by atoms with Gasteiger partial charge in [0.15, 0.2) is 10.8 Å². The first-order chi connectivity index (χ1) is 13.4. The number of fused-ring (bicyclic) bond motifs is 1. The summed E-state index contributed by atoms with van der Waals surface area (Å²) in [4.78, 5) is 20.1. The molecule has 28 heavy (non-hydrogen) atoms. The number of H-pyrrole nitrogens is 1. The van der Waals surface area contributed by atoms with Crippen LogP contribution < -0.4 is 5.69 Å².